The third-order valence-corrected chi connectivity index (χ3v) is 7.40. The molecule has 2 aliphatic carbocycles. The average Bonchev–Trinajstić information content (AvgIpc) is 2.96. The van der Waals surface area contributed by atoms with E-state index in [1.54, 1.807) is 0 Å². The van der Waals surface area contributed by atoms with E-state index in [2.05, 4.69) is 27.4 Å². The van der Waals surface area contributed by atoms with Crippen molar-refractivity contribution in [3.63, 3.8) is 0 Å². The Bertz CT molecular complexity index is 580. The van der Waals surface area contributed by atoms with Crippen molar-refractivity contribution in [2.75, 3.05) is 6.61 Å². The van der Waals surface area contributed by atoms with Gasteiger partial charge in [-0.25, -0.2) is 4.79 Å². The van der Waals surface area contributed by atoms with Gasteiger partial charge in [0.1, 0.15) is 6.61 Å². The molecule has 0 aromatic rings. The number of carbonyl (C=O) groups is 1. The van der Waals surface area contributed by atoms with E-state index in [0.717, 1.165) is 31.3 Å². The lowest BCUT2D eigenvalue weighted by molar-refractivity contribution is -0.135. The fourth-order valence-electron chi connectivity index (χ4n) is 5.48. The van der Waals surface area contributed by atoms with Gasteiger partial charge >= 0.3 is 5.97 Å². The Morgan fingerprint density at radius 3 is 2.71 bits per heavy atom. The van der Waals surface area contributed by atoms with Crippen LogP contribution in [-0.4, -0.2) is 35.0 Å². The van der Waals surface area contributed by atoms with Crippen molar-refractivity contribution in [3.8, 4) is 0 Å². The van der Waals surface area contributed by atoms with Gasteiger partial charge in [-0.1, -0.05) is 27.4 Å². The molecule has 0 amide bonds. The van der Waals surface area contributed by atoms with E-state index in [0.29, 0.717) is 23.8 Å². The molecule has 0 aromatic carbocycles. The predicted molar refractivity (Wildman–Crippen MR) is 92.1 cm³/mol. The van der Waals surface area contributed by atoms with E-state index in [1.165, 1.54) is 6.08 Å². The fourth-order valence-corrected chi connectivity index (χ4v) is 5.48. The van der Waals surface area contributed by atoms with Crippen LogP contribution < -0.4 is 0 Å². The van der Waals surface area contributed by atoms with Crippen molar-refractivity contribution in [1.82, 2.24) is 0 Å². The molecule has 3 aliphatic rings. The molecule has 0 radical (unpaired) electrons. The highest BCUT2D eigenvalue weighted by atomic mass is 16.5. The van der Waals surface area contributed by atoms with E-state index in [1.807, 2.05) is 0 Å². The number of hydrogen-bond donors (Lipinski definition) is 2. The highest BCUT2D eigenvalue weighted by molar-refractivity contribution is 5.85. The summed E-state index contributed by atoms with van der Waals surface area (Å²) in [7, 11) is 0. The van der Waals surface area contributed by atoms with Crippen LogP contribution in [0.15, 0.2) is 23.8 Å². The van der Waals surface area contributed by atoms with Gasteiger partial charge in [-0.15, -0.1) is 0 Å². The van der Waals surface area contributed by atoms with Crippen LogP contribution in [0.25, 0.3) is 0 Å². The minimum atomic E-state index is -0.647. The molecular weight excluding hydrogens is 304 g/mol. The van der Waals surface area contributed by atoms with Gasteiger partial charge in [-0.3, -0.25) is 0 Å². The normalized spacial score (nSPS) is 43.9. The first-order valence-corrected chi connectivity index (χ1v) is 9.11. The summed E-state index contributed by atoms with van der Waals surface area (Å²) in [6.45, 7) is 11.2. The lowest BCUT2D eigenvalue weighted by Crippen LogP contribution is -2.53. The Hall–Kier alpha value is -1.13. The molecule has 24 heavy (non-hydrogen) atoms. The maximum atomic E-state index is 11.3. The number of esters is 1. The summed E-state index contributed by atoms with van der Waals surface area (Å²) in [4.78, 5) is 11.3. The van der Waals surface area contributed by atoms with Gasteiger partial charge in [-0.05, 0) is 60.3 Å². The monoisotopic (exact) mass is 334 g/mol. The van der Waals surface area contributed by atoms with Crippen LogP contribution in [0.4, 0.5) is 0 Å². The topological polar surface area (TPSA) is 66.8 Å². The van der Waals surface area contributed by atoms with Gasteiger partial charge < -0.3 is 14.9 Å². The zero-order valence-corrected chi connectivity index (χ0v) is 15.0. The van der Waals surface area contributed by atoms with Gasteiger partial charge in [0.15, 0.2) is 0 Å². The summed E-state index contributed by atoms with van der Waals surface area (Å²) in [5, 5.41) is 21.0. The Morgan fingerprint density at radius 1 is 1.38 bits per heavy atom. The third kappa shape index (κ3) is 2.64. The van der Waals surface area contributed by atoms with E-state index in [9.17, 15) is 15.0 Å². The largest absolute Gasteiger partial charge is 0.458 e. The van der Waals surface area contributed by atoms with Crippen molar-refractivity contribution in [3.05, 3.63) is 23.8 Å². The van der Waals surface area contributed by atoms with Gasteiger partial charge in [-0.2, -0.15) is 0 Å². The summed E-state index contributed by atoms with van der Waals surface area (Å²) in [6.07, 6.45) is 4.83. The molecule has 1 aliphatic heterocycles. The second kappa shape index (κ2) is 5.99. The second-order valence-corrected chi connectivity index (χ2v) is 8.58. The summed E-state index contributed by atoms with van der Waals surface area (Å²) in [5.41, 5.74) is 1.53. The van der Waals surface area contributed by atoms with Crippen LogP contribution in [-0.2, 0) is 9.53 Å². The van der Waals surface area contributed by atoms with Crippen molar-refractivity contribution >= 4 is 5.97 Å². The van der Waals surface area contributed by atoms with Gasteiger partial charge in [0.2, 0.25) is 0 Å². The van der Waals surface area contributed by atoms with Crippen molar-refractivity contribution in [2.45, 2.75) is 65.1 Å². The number of ether oxygens (including phenoxy) is 1. The van der Waals surface area contributed by atoms with E-state index in [-0.39, 0.29) is 23.4 Å². The first kappa shape index (κ1) is 17.7. The molecule has 0 bridgehead atoms. The average molecular weight is 334 g/mol. The molecule has 2 N–H and O–H groups in total. The molecule has 3 rings (SSSR count). The number of carbonyl (C=O) groups excluding carboxylic acids is 1. The smallest absolute Gasteiger partial charge is 0.331 e. The van der Waals surface area contributed by atoms with E-state index in [4.69, 9.17) is 4.74 Å². The molecule has 0 spiro atoms. The first-order chi connectivity index (χ1) is 11.2. The van der Waals surface area contributed by atoms with Crippen molar-refractivity contribution in [1.29, 1.82) is 0 Å². The summed E-state index contributed by atoms with van der Waals surface area (Å²) in [5.74, 6) is 0.509. The van der Waals surface area contributed by atoms with Crippen LogP contribution in [0.3, 0.4) is 0 Å². The van der Waals surface area contributed by atoms with Gasteiger partial charge in [0.25, 0.3) is 0 Å². The lowest BCUT2D eigenvalue weighted by atomic mass is 9.45. The first-order valence-electron chi connectivity index (χ1n) is 9.11. The number of cyclic esters (lactones) is 1. The van der Waals surface area contributed by atoms with Crippen LogP contribution in [0.1, 0.15) is 52.9 Å². The Kier molecular flexibility index (Phi) is 4.42. The molecule has 4 heteroatoms. The minimum Gasteiger partial charge on any atom is -0.458 e. The summed E-state index contributed by atoms with van der Waals surface area (Å²) >= 11 is 0. The molecule has 0 saturated heterocycles. The second-order valence-electron chi connectivity index (χ2n) is 8.58. The third-order valence-electron chi connectivity index (χ3n) is 7.40. The Balaban J connectivity index is 1.87. The molecule has 134 valence electrons. The Morgan fingerprint density at radius 2 is 2.08 bits per heavy atom. The molecular formula is C20H30O4. The Labute approximate surface area is 144 Å². The van der Waals surface area contributed by atoms with Crippen LogP contribution >= 0.6 is 0 Å². The maximum absolute atomic E-state index is 11.3. The molecule has 2 fully saturated rings. The summed E-state index contributed by atoms with van der Waals surface area (Å²) in [6, 6.07) is 0. The lowest BCUT2D eigenvalue weighted by Gasteiger charge is -2.60. The number of hydrogen-bond acceptors (Lipinski definition) is 4. The quantitative estimate of drug-likeness (QED) is 0.615. The highest BCUT2D eigenvalue weighted by Crippen LogP contribution is 2.62. The number of rotatable bonds is 3. The minimum absolute atomic E-state index is 0.0536. The molecule has 0 aromatic heterocycles. The molecule has 6 atom stereocenters. The zero-order valence-electron chi connectivity index (χ0n) is 15.0. The van der Waals surface area contributed by atoms with Gasteiger partial charge in [0, 0.05) is 11.6 Å². The van der Waals surface area contributed by atoms with Crippen molar-refractivity contribution in [2.24, 2.45) is 22.7 Å². The number of aliphatic hydroxyl groups is 2. The van der Waals surface area contributed by atoms with Crippen molar-refractivity contribution < 1.29 is 19.7 Å². The SMILES string of the molecule is C=C1C(O)CCC2C1(C)CCC(C)C2(C)CC(O)C1=CC(=O)OC1. The van der Waals surface area contributed by atoms with E-state index >= 15 is 0 Å². The molecule has 2 saturated carbocycles. The summed E-state index contributed by atoms with van der Waals surface area (Å²) < 4.78 is 4.95. The van der Waals surface area contributed by atoms with Gasteiger partial charge in [0.05, 0.1) is 12.2 Å². The van der Waals surface area contributed by atoms with E-state index < -0.39 is 12.2 Å². The molecule has 1 heterocycles. The van der Waals surface area contributed by atoms with Crippen LogP contribution in [0.2, 0.25) is 0 Å². The molecule has 6 unspecified atom stereocenters. The number of aliphatic hydroxyl groups excluding tert-OH is 2. The van der Waals surface area contributed by atoms with Crippen LogP contribution in [0.5, 0.6) is 0 Å². The zero-order chi connectivity index (χ0) is 17.7. The predicted octanol–water partition coefficient (Wildman–Crippen LogP) is 2.99. The number of fused-ring (bicyclic) bond motifs is 1. The maximum Gasteiger partial charge on any atom is 0.331 e. The highest BCUT2D eigenvalue weighted by Gasteiger charge is 2.56. The molecule has 4 nitrogen and oxygen atoms in total. The standard InChI is InChI=1S/C20H30O4/c1-12-7-8-19(3)13(2)15(21)5-6-17(19)20(12,4)10-16(22)14-9-18(23)24-11-14/h9,12,15-17,21-22H,2,5-8,10-11H2,1,3-4H3. The van der Waals surface area contributed by atoms with Crippen LogP contribution in [0, 0.1) is 22.7 Å². The fraction of sp³-hybridized carbons (Fsp3) is 0.750.